The molecule has 1 N–H and O–H groups in total. The van der Waals surface area contributed by atoms with Crippen LogP contribution in [0.5, 0.6) is 0 Å². The van der Waals surface area contributed by atoms with Crippen LogP contribution >= 0.6 is 11.3 Å². The maximum atomic E-state index is 4.08. The van der Waals surface area contributed by atoms with E-state index in [4.69, 9.17) is 0 Å². The summed E-state index contributed by atoms with van der Waals surface area (Å²) in [5.41, 5.74) is 2.70. The van der Waals surface area contributed by atoms with E-state index in [1.54, 1.807) is 11.3 Å². The van der Waals surface area contributed by atoms with Gasteiger partial charge in [0.25, 0.3) is 0 Å². The summed E-state index contributed by atoms with van der Waals surface area (Å²) in [6, 6.07) is 4.85. The van der Waals surface area contributed by atoms with Crippen LogP contribution in [0.1, 0.15) is 36.6 Å². The topological polar surface area (TPSA) is 31.9 Å². The highest BCUT2D eigenvalue weighted by Crippen LogP contribution is 2.31. The first-order valence-electron chi connectivity index (χ1n) is 6.18. The lowest BCUT2D eigenvalue weighted by Gasteiger charge is -2.34. The fourth-order valence-corrected chi connectivity index (χ4v) is 3.26. The normalized spacial score (nSPS) is 21.8. The fourth-order valence-electron chi connectivity index (χ4n) is 2.60. The van der Waals surface area contributed by atoms with E-state index in [0.29, 0.717) is 6.04 Å². The van der Waals surface area contributed by atoms with E-state index in [-0.39, 0.29) is 0 Å². The van der Waals surface area contributed by atoms with Crippen molar-refractivity contribution in [2.24, 2.45) is 0 Å². The maximum absolute atomic E-state index is 4.08. The number of piperidine rings is 1. The van der Waals surface area contributed by atoms with Crippen LogP contribution in [0.2, 0.25) is 0 Å². The van der Waals surface area contributed by atoms with E-state index in [1.165, 1.54) is 37.1 Å². The van der Waals surface area contributed by atoms with Gasteiger partial charge in [-0.1, -0.05) is 6.42 Å². The number of nitrogens with zero attached hydrogens (tertiary/aromatic N) is 2. The predicted molar refractivity (Wildman–Crippen MR) is 69.9 cm³/mol. The number of likely N-dealkylation sites (tertiary alicyclic amines) is 1. The third kappa shape index (κ3) is 2.42. The first-order chi connectivity index (χ1) is 8.43. The van der Waals surface area contributed by atoms with E-state index in [0.717, 1.165) is 6.54 Å². The van der Waals surface area contributed by atoms with Gasteiger partial charge >= 0.3 is 0 Å². The van der Waals surface area contributed by atoms with Gasteiger partial charge in [-0.15, -0.1) is 0 Å². The number of hydrogen-bond acceptors (Lipinski definition) is 3. The zero-order valence-corrected chi connectivity index (χ0v) is 10.6. The minimum absolute atomic E-state index is 0.520. The third-order valence-electron chi connectivity index (χ3n) is 3.46. The molecule has 90 valence electrons. The van der Waals surface area contributed by atoms with Crippen LogP contribution in [-0.2, 0) is 6.54 Å². The molecule has 2 aromatic heterocycles. The minimum Gasteiger partial charge on any atom is -0.291 e. The summed E-state index contributed by atoms with van der Waals surface area (Å²) in [5.74, 6) is 0. The van der Waals surface area contributed by atoms with Gasteiger partial charge in [-0.3, -0.25) is 10.00 Å². The highest BCUT2D eigenvalue weighted by atomic mass is 32.1. The molecule has 17 heavy (non-hydrogen) atoms. The number of hydrogen-bond donors (Lipinski definition) is 1. The second kappa shape index (κ2) is 5.02. The largest absolute Gasteiger partial charge is 0.291 e. The smallest absolute Gasteiger partial charge is 0.0523 e. The van der Waals surface area contributed by atoms with Crippen molar-refractivity contribution in [3.63, 3.8) is 0 Å². The van der Waals surface area contributed by atoms with Crippen LogP contribution < -0.4 is 0 Å². The summed E-state index contributed by atoms with van der Waals surface area (Å²) >= 11 is 1.78. The molecule has 2 aromatic rings. The van der Waals surface area contributed by atoms with Crippen molar-refractivity contribution in [1.29, 1.82) is 0 Å². The minimum atomic E-state index is 0.520. The Kier molecular flexibility index (Phi) is 3.25. The molecule has 0 spiro atoms. The molecule has 0 aliphatic carbocycles. The lowest BCUT2D eigenvalue weighted by atomic mass is 9.99. The second-order valence-corrected chi connectivity index (χ2v) is 5.41. The number of thiophene rings is 1. The molecule has 0 bridgehead atoms. The highest BCUT2D eigenvalue weighted by Gasteiger charge is 2.24. The Balaban J connectivity index is 1.76. The highest BCUT2D eigenvalue weighted by molar-refractivity contribution is 7.07. The SMILES string of the molecule is c1cc([C@@H]2CCCCN2Cc2ccsc2)[nH]n1. The maximum Gasteiger partial charge on any atom is 0.0523 e. The van der Waals surface area contributed by atoms with Crippen LogP contribution in [0.15, 0.2) is 29.1 Å². The number of aromatic amines is 1. The van der Waals surface area contributed by atoms with Gasteiger partial charge in [0.05, 0.1) is 11.7 Å². The Morgan fingerprint density at radius 2 is 2.41 bits per heavy atom. The van der Waals surface area contributed by atoms with Gasteiger partial charge in [0.1, 0.15) is 0 Å². The van der Waals surface area contributed by atoms with Gasteiger partial charge in [0.2, 0.25) is 0 Å². The molecule has 3 heterocycles. The van der Waals surface area contributed by atoms with Crippen LogP contribution in [0.3, 0.4) is 0 Å². The van der Waals surface area contributed by atoms with Gasteiger partial charge < -0.3 is 0 Å². The summed E-state index contributed by atoms with van der Waals surface area (Å²) in [6.45, 7) is 2.26. The van der Waals surface area contributed by atoms with Gasteiger partial charge in [-0.2, -0.15) is 16.4 Å². The van der Waals surface area contributed by atoms with Crippen LogP contribution in [0, 0.1) is 0 Å². The van der Waals surface area contributed by atoms with Crippen molar-refractivity contribution in [1.82, 2.24) is 15.1 Å². The molecular formula is C13H17N3S. The van der Waals surface area contributed by atoms with Gasteiger partial charge in [-0.05, 0) is 47.8 Å². The summed E-state index contributed by atoms with van der Waals surface area (Å²) in [4.78, 5) is 2.57. The first kappa shape index (κ1) is 11.0. The first-order valence-corrected chi connectivity index (χ1v) is 7.12. The lowest BCUT2D eigenvalue weighted by Crippen LogP contribution is -2.33. The molecule has 0 amide bonds. The molecule has 0 aromatic carbocycles. The van der Waals surface area contributed by atoms with Crippen molar-refractivity contribution in [3.05, 3.63) is 40.3 Å². The number of H-pyrrole nitrogens is 1. The van der Waals surface area contributed by atoms with Crippen LogP contribution in [0.4, 0.5) is 0 Å². The zero-order valence-electron chi connectivity index (χ0n) is 9.80. The quantitative estimate of drug-likeness (QED) is 0.903. The molecule has 1 atom stereocenters. The fraction of sp³-hybridized carbons (Fsp3) is 0.462. The lowest BCUT2D eigenvalue weighted by molar-refractivity contribution is 0.137. The van der Waals surface area contributed by atoms with Crippen molar-refractivity contribution in [3.8, 4) is 0 Å². The molecular weight excluding hydrogens is 230 g/mol. The second-order valence-electron chi connectivity index (χ2n) is 4.63. The van der Waals surface area contributed by atoms with Crippen molar-refractivity contribution in [2.75, 3.05) is 6.54 Å². The van der Waals surface area contributed by atoms with Crippen molar-refractivity contribution in [2.45, 2.75) is 31.8 Å². The summed E-state index contributed by atoms with van der Waals surface area (Å²) in [5, 5.41) is 11.6. The molecule has 0 radical (unpaired) electrons. The molecule has 1 fully saturated rings. The Bertz CT molecular complexity index is 435. The average molecular weight is 247 g/mol. The molecule has 3 rings (SSSR count). The number of rotatable bonds is 3. The van der Waals surface area contributed by atoms with E-state index in [9.17, 15) is 0 Å². The Morgan fingerprint density at radius 3 is 3.18 bits per heavy atom. The zero-order chi connectivity index (χ0) is 11.5. The van der Waals surface area contributed by atoms with Crippen LogP contribution in [0.25, 0.3) is 0 Å². The van der Waals surface area contributed by atoms with E-state index in [1.807, 2.05) is 6.20 Å². The molecule has 3 nitrogen and oxygen atoms in total. The van der Waals surface area contributed by atoms with Crippen LogP contribution in [-0.4, -0.2) is 21.6 Å². The van der Waals surface area contributed by atoms with E-state index >= 15 is 0 Å². The number of aromatic nitrogens is 2. The molecule has 4 heteroatoms. The molecule has 1 aliphatic heterocycles. The van der Waals surface area contributed by atoms with E-state index in [2.05, 4.69) is 38.0 Å². The monoisotopic (exact) mass is 247 g/mol. The summed E-state index contributed by atoms with van der Waals surface area (Å²) < 4.78 is 0. The summed E-state index contributed by atoms with van der Waals surface area (Å²) in [6.07, 6.45) is 5.73. The Labute approximate surface area is 105 Å². The van der Waals surface area contributed by atoms with Gasteiger partial charge in [0.15, 0.2) is 0 Å². The van der Waals surface area contributed by atoms with Gasteiger partial charge in [-0.25, -0.2) is 0 Å². The van der Waals surface area contributed by atoms with E-state index < -0.39 is 0 Å². The Hall–Kier alpha value is -1.13. The average Bonchev–Trinajstić information content (AvgIpc) is 3.01. The molecule has 1 saturated heterocycles. The standard InChI is InChI=1S/C13H17N3S/c1-2-7-16(9-11-5-8-17-10-11)13(3-1)12-4-6-14-15-12/h4-6,8,10,13H,1-3,7,9H2,(H,14,15)/t13-/m0/s1. The third-order valence-corrected chi connectivity index (χ3v) is 4.19. The van der Waals surface area contributed by atoms with Gasteiger partial charge in [0, 0.05) is 12.7 Å². The van der Waals surface area contributed by atoms with Crippen molar-refractivity contribution >= 4 is 11.3 Å². The molecule has 0 saturated carbocycles. The molecule has 1 aliphatic rings. The number of nitrogens with one attached hydrogen (secondary N) is 1. The summed E-state index contributed by atoms with van der Waals surface area (Å²) in [7, 11) is 0. The predicted octanol–water partition coefficient (Wildman–Crippen LogP) is 3.20. The Morgan fingerprint density at radius 1 is 1.41 bits per heavy atom. The van der Waals surface area contributed by atoms with Crippen molar-refractivity contribution < 1.29 is 0 Å². The molecule has 0 unspecified atom stereocenters.